The summed E-state index contributed by atoms with van der Waals surface area (Å²) < 4.78 is 26.0. The maximum absolute atomic E-state index is 13.3. The highest BCUT2D eigenvalue weighted by Crippen LogP contribution is 2.12. The average Bonchev–Trinajstić information content (AvgIpc) is 2.41. The van der Waals surface area contributed by atoms with Crippen molar-refractivity contribution in [3.05, 3.63) is 60.2 Å². The van der Waals surface area contributed by atoms with E-state index in [1.54, 1.807) is 30.3 Å². The topological polar surface area (TPSA) is 36.1 Å². The van der Waals surface area contributed by atoms with E-state index in [9.17, 15) is 8.78 Å². The van der Waals surface area contributed by atoms with E-state index in [1.165, 1.54) is 18.2 Å². The molecule has 2 rings (SSSR count). The number of hydrazine groups is 1. The molecule has 2 aromatic carbocycles. The Morgan fingerprint density at radius 3 is 2.32 bits per heavy atom. The van der Waals surface area contributed by atoms with Gasteiger partial charge in [0.05, 0.1) is 11.4 Å². The van der Waals surface area contributed by atoms with Gasteiger partial charge in [-0.05, 0) is 48.6 Å². The van der Waals surface area contributed by atoms with Crippen LogP contribution in [0.4, 0.5) is 20.2 Å². The molecule has 0 saturated carbocycles. The van der Waals surface area contributed by atoms with E-state index in [4.69, 9.17) is 12.2 Å². The van der Waals surface area contributed by atoms with E-state index in [-0.39, 0.29) is 16.6 Å². The fraction of sp³-hybridized carbons (Fsp3) is 0. The van der Waals surface area contributed by atoms with Crippen LogP contribution >= 0.6 is 12.2 Å². The van der Waals surface area contributed by atoms with Gasteiger partial charge in [0.25, 0.3) is 0 Å². The van der Waals surface area contributed by atoms with Gasteiger partial charge in [0.2, 0.25) is 0 Å². The maximum atomic E-state index is 13.3. The van der Waals surface area contributed by atoms with Gasteiger partial charge in [-0.1, -0.05) is 12.1 Å². The Morgan fingerprint density at radius 2 is 1.63 bits per heavy atom. The number of hydrogen-bond acceptors (Lipinski definition) is 2. The Kier molecular flexibility index (Phi) is 4.25. The molecule has 3 nitrogen and oxygen atoms in total. The molecule has 0 spiro atoms. The van der Waals surface area contributed by atoms with Gasteiger partial charge in [0.1, 0.15) is 11.6 Å². The third-order valence-electron chi connectivity index (χ3n) is 2.29. The molecule has 98 valence electrons. The number of anilines is 2. The molecular weight excluding hydrogens is 268 g/mol. The van der Waals surface area contributed by atoms with Gasteiger partial charge in [0.15, 0.2) is 5.11 Å². The summed E-state index contributed by atoms with van der Waals surface area (Å²) in [5.41, 5.74) is 6.36. The molecule has 3 N–H and O–H groups in total. The first kappa shape index (κ1) is 13.2. The van der Waals surface area contributed by atoms with Crippen molar-refractivity contribution >= 4 is 28.7 Å². The van der Waals surface area contributed by atoms with E-state index in [0.717, 1.165) is 0 Å². The molecule has 0 saturated heterocycles. The molecule has 0 amide bonds. The van der Waals surface area contributed by atoms with Crippen molar-refractivity contribution < 1.29 is 8.78 Å². The number of benzene rings is 2. The van der Waals surface area contributed by atoms with Gasteiger partial charge in [-0.2, -0.15) is 0 Å². The molecule has 0 radical (unpaired) electrons. The Morgan fingerprint density at radius 1 is 0.947 bits per heavy atom. The van der Waals surface area contributed by atoms with Gasteiger partial charge in [0, 0.05) is 0 Å². The van der Waals surface area contributed by atoms with Crippen LogP contribution in [0.25, 0.3) is 0 Å². The summed E-state index contributed by atoms with van der Waals surface area (Å²) in [6.07, 6.45) is 0. The highest BCUT2D eigenvalue weighted by molar-refractivity contribution is 7.80. The van der Waals surface area contributed by atoms with Crippen LogP contribution in [-0.2, 0) is 0 Å². The number of nitrogens with one attached hydrogen (secondary N) is 3. The molecule has 6 heteroatoms. The highest BCUT2D eigenvalue weighted by Gasteiger charge is 2.02. The predicted molar refractivity (Wildman–Crippen MR) is 75.8 cm³/mol. The first-order valence-corrected chi connectivity index (χ1v) is 5.89. The van der Waals surface area contributed by atoms with Crippen LogP contribution in [0, 0.1) is 11.6 Å². The lowest BCUT2D eigenvalue weighted by Crippen LogP contribution is -2.33. The molecule has 0 aromatic heterocycles. The second-order valence-electron chi connectivity index (χ2n) is 3.69. The van der Waals surface area contributed by atoms with Crippen LogP contribution in [0.15, 0.2) is 48.5 Å². The Hall–Kier alpha value is -2.21. The van der Waals surface area contributed by atoms with Crippen molar-refractivity contribution in [1.29, 1.82) is 0 Å². The lowest BCUT2D eigenvalue weighted by Gasteiger charge is -2.12. The maximum Gasteiger partial charge on any atom is 0.189 e. The second kappa shape index (κ2) is 6.10. The van der Waals surface area contributed by atoms with E-state index in [2.05, 4.69) is 16.2 Å². The van der Waals surface area contributed by atoms with Gasteiger partial charge in [-0.3, -0.25) is 10.9 Å². The van der Waals surface area contributed by atoms with Crippen molar-refractivity contribution in [2.75, 3.05) is 10.7 Å². The molecule has 0 unspecified atom stereocenters. The Bertz CT molecular complexity index is 572. The summed E-state index contributed by atoms with van der Waals surface area (Å²) in [6.45, 7) is 0. The van der Waals surface area contributed by atoms with E-state index in [1.807, 2.05) is 0 Å². The van der Waals surface area contributed by atoms with E-state index in [0.29, 0.717) is 5.69 Å². The molecule has 0 aliphatic rings. The van der Waals surface area contributed by atoms with Crippen molar-refractivity contribution in [2.24, 2.45) is 0 Å². The number of thiocarbonyl (C=S) groups is 1. The molecule has 0 aliphatic carbocycles. The highest BCUT2D eigenvalue weighted by atomic mass is 32.1. The molecule has 0 bridgehead atoms. The quantitative estimate of drug-likeness (QED) is 0.595. The number of rotatable bonds is 3. The fourth-order valence-electron chi connectivity index (χ4n) is 1.38. The third kappa shape index (κ3) is 3.89. The van der Waals surface area contributed by atoms with Gasteiger partial charge in [-0.15, -0.1) is 0 Å². The zero-order chi connectivity index (χ0) is 13.7. The van der Waals surface area contributed by atoms with Crippen molar-refractivity contribution in [1.82, 2.24) is 5.43 Å². The minimum absolute atomic E-state index is 0.203. The zero-order valence-corrected chi connectivity index (χ0v) is 10.6. The van der Waals surface area contributed by atoms with Gasteiger partial charge < -0.3 is 5.32 Å². The SMILES string of the molecule is Fc1ccc(NNC(=S)Nc2ccccc2F)cc1. The smallest absolute Gasteiger partial charge is 0.189 e. The molecule has 0 aliphatic heterocycles. The summed E-state index contributed by atoms with van der Waals surface area (Å²) in [7, 11) is 0. The lowest BCUT2D eigenvalue weighted by atomic mass is 10.3. The molecule has 19 heavy (non-hydrogen) atoms. The molecule has 0 atom stereocenters. The first-order valence-electron chi connectivity index (χ1n) is 5.48. The van der Waals surface area contributed by atoms with E-state index >= 15 is 0 Å². The zero-order valence-electron chi connectivity index (χ0n) is 9.78. The summed E-state index contributed by atoms with van der Waals surface area (Å²) in [4.78, 5) is 0. The van der Waals surface area contributed by atoms with Crippen LogP contribution in [0.2, 0.25) is 0 Å². The van der Waals surface area contributed by atoms with Crippen LogP contribution in [0.5, 0.6) is 0 Å². The summed E-state index contributed by atoms with van der Waals surface area (Å²) >= 11 is 5.00. The molecule has 0 fully saturated rings. The summed E-state index contributed by atoms with van der Waals surface area (Å²) in [5.74, 6) is -0.717. The van der Waals surface area contributed by atoms with Crippen LogP contribution in [-0.4, -0.2) is 5.11 Å². The van der Waals surface area contributed by atoms with Gasteiger partial charge >= 0.3 is 0 Å². The normalized spacial score (nSPS) is 9.79. The molecule has 0 heterocycles. The standard InChI is InChI=1S/C13H11F2N3S/c14-9-5-7-10(8-6-9)17-18-13(19)16-12-4-2-1-3-11(12)15/h1-8,17H,(H2,16,18,19). The van der Waals surface area contributed by atoms with Crippen LogP contribution in [0.1, 0.15) is 0 Å². The largest absolute Gasteiger partial charge is 0.329 e. The average molecular weight is 279 g/mol. The number of para-hydroxylation sites is 1. The minimum atomic E-state index is -0.395. The second-order valence-corrected chi connectivity index (χ2v) is 4.10. The lowest BCUT2D eigenvalue weighted by molar-refractivity contribution is 0.628. The predicted octanol–water partition coefficient (Wildman–Crippen LogP) is 3.28. The van der Waals surface area contributed by atoms with Crippen molar-refractivity contribution in [3.63, 3.8) is 0 Å². The third-order valence-corrected chi connectivity index (χ3v) is 2.49. The van der Waals surface area contributed by atoms with Crippen molar-refractivity contribution in [3.8, 4) is 0 Å². The first-order chi connectivity index (χ1) is 9.15. The van der Waals surface area contributed by atoms with Gasteiger partial charge in [-0.25, -0.2) is 8.78 Å². The van der Waals surface area contributed by atoms with Crippen LogP contribution in [0.3, 0.4) is 0 Å². The monoisotopic (exact) mass is 279 g/mol. The van der Waals surface area contributed by atoms with Crippen molar-refractivity contribution in [2.45, 2.75) is 0 Å². The number of hydrogen-bond donors (Lipinski definition) is 3. The molecular formula is C13H11F2N3S. The molecule has 2 aromatic rings. The minimum Gasteiger partial charge on any atom is -0.329 e. The van der Waals surface area contributed by atoms with Crippen LogP contribution < -0.4 is 16.2 Å². The fourth-order valence-corrected chi connectivity index (χ4v) is 1.54. The summed E-state index contributed by atoms with van der Waals surface area (Å²) in [6, 6.07) is 11.9. The Balaban J connectivity index is 1.88. The Labute approximate surface area is 114 Å². The summed E-state index contributed by atoms with van der Waals surface area (Å²) in [5, 5.41) is 2.90. The van der Waals surface area contributed by atoms with E-state index < -0.39 is 5.82 Å². The number of halogens is 2.